The van der Waals surface area contributed by atoms with Gasteiger partial charge in [-0.1, -0.05) is 29.3 Å². The van der Waals surface area contributed by atoms with Gasteiger partial charge in [0.15, 0.2) is 0 Å². The van der Waals surface area contributed by atoms with E-state index in [9.17, 15) is 4.79 Å². The lowest BCUT2D eigenvalue weighted by molar-refractivity contribution is -0.119. The highest BCUT2D eigenvalue weighted by molar-refractivity contribution is 6.42. The molecule has 1 fully saturated rings. The van der Waals surface area contributed by atoms with Crippen molar-refractivity contribution in [1.82, 2.24) is 0 Å². The Bertz CT molecular complexity index is 370. The maximum Gasteiger partial charge on any atom is 0.140 e. The van der Waals surface area contributed by atoms with Crippen LogP contribution in [0.25, 0.3) is 0 Å². The number of hydrogen-bond acceptors (Lipinski definition) is 1. The van der Waals surface area contributed by atoms with E-state index in [1.54, 1.807) is 12.1 Å². The van der Waals surface area contributed by atoms with E-state index in [1.807, 2.05) is 6.07 Å². The van der Waals surface area contributed by atoms with Crippen molar-refractivity contribution in [1.29, 1.82) is 0 Å². The van der Waals surface area contributed by atoms with Crippen molar-refractivity contribution >= 4 is 29.0 Å². The molecule has 0 atom stereocenters. The van der Waals surface area contributed by atoms with Crippen LogP contribution in [0.2, 0.25) is 10.0 Å². The van der Waals surface area contributed by atoms with E-state index in [-0.39, 0.29) is 0 Å². The van der Waals surface area contributed by atoms with Gasteiger partial charge in [0.05, 0.1) is 10.0 Å². The molecule has 0 saturated heterocycles. The lowest BCUT2D eigenvalue weighted by atomic mass is 10.1. The Kier molecular flexibility index (Phi) is 2.80. The summed E-state index contributed by atoms with van der Waals surface area (Å²) in [5.41, 5.74) is 0.955. The van der Waals surface area contributed by atoms with Crippen molar-refractivity contribution in [2.75, 3.05) is 0 Å². The molecule has 0 N–H and O–H groups in total. The first-order valence-corrected chi connectivity index (χ1v) is 5.39. The molecule has 1 saturated carbocycles. The second kappa shape index (κ2) is 3.92. The first-order valence-electron chi connectivity index (χ1n) is 4.63. The van der Waals surface area contributed by atoms with E-state index in [0.29, 0.717) is 28.2 Å². The largest absolute Gasteiger partial charge is 0.299 e. The molecule has 0 spiro atoms. The van der Waals surface area contributed by atoms with Crippen LogP contribution in [0.15, 0.2) is 18.2 Å². The van der Waals surface area contributed by atoms with Crippen LogP contribution in [0, 0.1) is 5.92 Å². The van der Waals surface area contributed by atoms with Crippen LogP contribution in [-0.2, 0) is 11.2 Å². The molecule has 0 amide bonds. The SMILES string of the molecule is O=C(Cc1ccc(Cl)c(Cl)c1)C1CC1. The van der Waals surface area contributed by atoms with Crippen LogP contribution in [0.4, 0.5) is 0 Å². The van der Waals surface area contributed by atoms with Crippen molar-refractivity contribution < 1.29 is 4.79 Å². The number of hydrogen-bond donors (Lipinski definition) is 0. The van der Waals surface area contributed by atoms with E-state index >= 15 is 0 Å². The summed E-state index contributed by atoms with van der Waals surface area (Å²) < 4.78 is 0. The van der Waals surface area contributed by atoms with Gasteiger partial charge in [-0.2, -0.15) is 0 Å². The van der Waals surface area contributed by atoms with Crippen LogP contribution in [0.3, 0.4) is 0 Å². The molecule has 2 rings (SSSR count). The fourth-order valence-electron chi connectivity index (χ4n) is 1.40. The van der Waals surface area contributed by atoms with Crippen molar-refractivity contribution in [2.24, 2.45) is 5.92 Å². The summed E-state index contributed by atoms with van der Waals surface area (Å²) in [5, 5.41) is 1.06. The lowest BCUT2D eigenvalue weighted by Gasteiger charge is -2.01. The summed E-state index contributed by atoms with van der Waals surface area (Å²) >= 11 is 11.6. The Labute approximate surface area is 93.0 Å². The summed E-state index contributed by atoms with van der Waals surface area (Å²) in [7, 11) is 0. The first kappa shape index (κ1) is 10.0. The van der Waals surface area contributed by atoms with Crippen LogP contribution in [0.1, 0.15) is 18.4 Å². The molecular formula is C11H10Cl2O. The zero-order chi connectivity index (χ0) is 10.1. The second-order valence-corrected chi connectivity index (χ2v) is 4.48. The average molecular weight is 229 g/mol. The van der Waals surface area contributed by atoms with E-state index in [1.165, 1.54) is 0 Å². The summed E-state index contributed by atoms with van der Waals surface area (Å²) in [4.78, 5) is 11.5. The van der Waals surface area contributed by atoms with Gasteiger partial charge in [0, 0.05) is 12.3 Å². The molecule has 74 valence electrons. The maximum absolute atomic E-state index is 11.5. The molecule has 1 aliphatic rings. The minimum Gasteiger partial charge on any atom is -0.299 e. The average Bonchev–Trinajstić information content (AvgIpc) is 2.94. The minimum atomic E-state index is 0.310. The molecule has 0 aliphatic heterocycles. The summed E-state index contributed by atoms with van der Waals surface area (Å²) in [6.45, 7) is 0. The Balaban J connectivity index is 2.08. The fourth-order valence-corrected chi connectivity index (χ4v) is 1.72. The van der Waals surface area contributed by atoms with Gasteiger partial charge < -0.3 is 0 Å². The van der Waals surface area contributed by atoms with E-state index in [2.05, 4.69) is 0 Å². The van der Waals surface area contributed by atoms with Gasteiger partial charge in [0.25, 0.3) is 0 Å². The van der Waals surface area contributed by atoms with E-state index in [0.717, 1.165) is 18.4 Å². The van der Waals surface area contributed by atoms with Crippen molar-refractivity contribution in [2.45, 2.75) is 19.3 Å². The quantitative estimate of drug-likeness (QED) is 0.774. The molecule has 14 heavy (non-hydrogen) atoms. The summed E-state index contributed by atoms with van der Waals surface area (Å²) in [5.74, 6) is 0.632. The predicted molar refractivity (Wildman–Crippen MR) is 57.9 cm³/mol. The third kappa shape index (κ3) is 2.28. The maximum atomic E-state index is 11.5. The number of benzene rings is 1. The molecule has 0 radical (unpaired) electrons. The third-order valence-corrected chi connectivity index (χ3v) is 3.13. The standard InChI is InChI=1S/C11H10Cl2O/c12-9-4-1-7(5-10(9)13)6-11(14)8-2-3-8/h1,4-5,8H,2-3,6H2. The number of halogens is 2. The molecule has 0 heterocycles. The number of ketones is 1. The molecular weight excluding hydrogens is 219 g/mol. The number of carbonyl (C=O) groups is 1. The van der Waals surface area contributed by atoms with Crippen molar-refractivity contribution in [3.63, 3.8) is 0 Å². The van der Waals surface area contributed by atoms with Gasteiger partial charge >= 0.3 is 0 Å². The van der Waals surface area contributed by atoms with Crippen LogP contribution >= 0.6 is 23.2 Å². The molecule has 0 aromatic heterocycles. The highest BCUT2D eigenvalue weighted by Gasteiger charge is 2.29. The van der Waals surface area contributed by atoms with Gasteiger partial charge in [0.1, 0.15) is 5.78 Å². The van der Waals surface area contributed by atoms with Gasteiger partial charge in [-0.05, 0) is 30.5 Å². The van der Waals surface area contributed by atoms with Crippen molar-refractivity contribution in [3.05, 3.63) is 33.8 Å². The van der Waals surface area contributed by atoms with E-state index in [4.69, 9.17) is 23.2 Å². The van der Waals surface area contributed by atoms with Crippen LogP contribution in [0.5, 0.6) is 0 Å². The van der Waals surface area contributed by atoms with Gasteiger partial charge in [-0.25, -0.2) is 0 Å². The zero-order valence-electron chi connectivity index (χ0n) is 7.59. The summed E-state index contributed by atoms with van der Waals surface area (Å²) in [6.07, 6.45) is 2.60. The molecule has 3 heteroatoms. The Morgan fingerprint density at radius 3 is 2.57 bits per heavy atom. The molecule has 1 aromatic rings. The van der Waals surface area contributed by atoms with Gasteiger partial charge in [0.2, 0.25) is 0 Å². The highest BCUT2D eigenvalue weighted by atomic mass is 35.5. The van der Waals surface area contributed by atoms with E-state index < -0.39 is 0 Å². The van der Waals surface area contributed by atoms with Gasteiger partial charge in [-0.15, -0.1) is 0 Å². The van der Waals surface area contributed by atoms with Crippen LogP contribution < -0.4 is 0 Å². The number of carbonyl (C=O) groups excluding carboxylic acids is 1. The smallest absolute Gasteiger partial charge is 0.140 e. The second-order valence-electron chi connectivity index (χ2n) is 3.67. The fraction of sp³-hybridized carbons (Fsp3) is 0.364. The Morgan fingerprint density at radius 2 is 2.00 bits per heavy atom. The number of rotatable bonds is 3. The minimum absolute atomic E-state index is 0.310. The number of Topliss-reactive ketones (excluding diaryl/α,β-unsaturated/α-hetero) is 1. The molecule has 0 bridgehead atoms. The topological polar surface area (TPSA) is 17.1 Å². The summed E-state index contributed by atoms with van der Waals surface area (Å²) in [6, 6.07) is 5.36. The molecule has 1 aliphatic carbocycles. The monoisotopic (exact) mass is 228 g/mol. The highest BCUT2D eigenvalue weighted by Crippen LogP contribution is 2.31. The Morgan fingerprint density at radius 1 is 1.29 bits per heavy atom. The molecule has 1 nitrogen and oxygen atoms in total. The van der Waals surface area contributed by atoms with Gasteiger partial charge in [-0.3, -0.25) is 4.79 Å². The first-order chi connectivity index (χ1) is 6.66. The zero-order valence-corrected chi connectivity index (χ0v) is 9.11. The van der Waals surface area contributed by atoms with Crippen molar-refractivity contribution in [3.8, 4) is 0 Å². The molecule has 1 aromatic carbocycles. The third-order valence-electron chi connectivity index (χ3n) is 2.40. The Hall–Kier alpha value is -0.530. The van der Waals surface area contributed by atoms with Crippen LogP contribution in [-0.4, -0.2) is 5.78 Å². The predicted octanol–water partition coefficient (Wildman–Crippen LogP) is 3.52. The molecule has 0 unspecified atom stereocenters. The normalized spacial score (nSPS) is 15.6. The lowest BCUT2D eigenvalue weighted by Crippen LogP contribution is -2.04.